The largest absolute Gasteiger partial charge is 0.493 e. The highest BCUT2D eigenvalue weighted by atomic mass is 35.5. The average Bonchev–Trinajstić information content (AvgIpc) is 2.34. The Morgan fingerprint density at radius 1 is 1.05 bits per heavy atom. The van der Waals surface area contributed by atoms with Crippen molar-refractivity contribution in [1.82, 2.24) is 4.90 Å². The molecule has 1 aromatic carbocycles. The number of hydrogen-bond acceptors (Lipinski definition) is 2. The van der Waals surface area contributed by atoms with Crippen molar-refractivity contribution in [3.63, 3.8) is 0 Å². The van der Waals surface area contributed by atoms with Crippen molar-refractivity contribution in [3.8, 4) is 5.75 Å². The molecular formula is C17H29Cl2NO. The van der Waals surface area contributed by atoms with Gasteiger partial charge in [0.15, 0.2) is 0 Å². The summed E-state index contributed by atoms with van der Waals surface area (Å²) < 4.78 is 6.11. The zero-order valence-corrected chi connectivity index (χ0v) is 15.6. The van der Waals surface area contributed by atoms with Crippen molar-refractivity contribution < 1.29 is 4.74 Å². The summed E-state index contributed by atoms with van der Waals surface area (Å²) in [6.07, 6.45) is 1.03. The van der Waals surface area contributed by atoms with Crippen LogP contribution in [0.1, 0.15) is 57.1 Å². The number of benzene rings is 1. The van der Waals surface area contributed by atoms with E-state index in [1.54, 1.807) is 0 Å². The minimum atomic E-state index is 0. The molecule has 0 aromatic heterocycles. The Hall–Kier alpha value is -0.440. The van der Waals surface area contributed by atoms with Gasteiger partial charge in [0.05, 0.1) is 6.61 Å². The molecular weight excluding hydrogens is 305 g/mol. The van der Waals surface area contributed by atoms with Crippen molar-refractivity contribution >= 4 is 24.0 Å². The first-order chi connectivity index (χ1) is 9.32. The van der Waals surface area contributed by atoms with Crippen LogP contribution in [0.2, 0.25) is 5.02 Å². The summed E-state index contributed by atoms with van der Waals surface area (Å²) in [5, 5.41) is 0.804. The molecule has 0 N–H and O–H groups in total. The molecule has 0 heterocycles. The minimum absolute atomic E-state index is 0. The van der Waals surface area contributed by atoms with Gasteiger partial charge >= 0.3 is 0 Å². The third-order valence-corrected chi connectivity index (χ3v) is 3.57. The van der Waals surface area contributed by atoms with E-state index in [0.717, 1.165) is 30.3 Å². The van der Waals surface area contributed by atoms with Crippen LogP contribution in [0.3, 0.4) is 0 Å². The number of nitrogens with zero attached hydrogens (tertiary/aromatic N) is 1. The Labute approximate surface area is 141 Å². The van der Waals surface area contributed by atoms with Crippen LogP contribution >= 0.6 is 24.0 Å². The van der Waals surface area contributed by atoms with Gasteiger partial charge in [0.2, 0.25) is 0 Å². The SMILES string of the molecule is CC(C)c1cc(Cl)cc(C(C)C)c1OCCCN(C)C.Cl. The second-order valence-corrected chi connectivity index (χ2v) is 6.66. The Morgan fingerprint density at radius 2 is 1.52 bits per heavy atom. The highest BCUT2D eigenvalue weighted by Crippen LogP contribution is 2.37. The highest BCUT2D eigenvalue weighted by Gasteiger charge is 2.16. The lowest BCUT2D eigenvalue weighted by Gasteiger charge is -2.21. The van der Waals surface area contributed by atoms with E-state index >= 15 is 0 Å². The van der Waals surface area contributed by atoms with Gasteiger partial charge in [0, 0.05) is 11.6 Å². The molecule has 0 spiro atoms. The summed E-state index contributed by atoms with van der Waals surface area (Å²) in [4.78, 5) is 2.18. The first-order valence-corrected chi connectivity index (χ1v) is 7.81. The third-order valence-electron chi connectivity index (χ3n) is 3.35. The lowest BCUT2D eigenvalue weighted by atomic mass is 9.94. The predicted octanol–water partition coefficient (Wildman–Crippen LogP) is 5.34. The van der Waals surface area contributed by atoms with Gasteiger partial charge in [-0.1, -0.05) is 39.3 Å². The lowest BCUT2D eigenvalue weighted by molar-refractivity contribution is 0.276. The van der Waals surface area contributed by atoms with Crippen molar-refractivity contribution in [2.45, 2.75) is 46.0 Å². The maximum absolute atomic E-state index is 6.25. The molecule has 0 saturated carbocycles. The fourth-order valence-corrected chi connectivity index (χ4v) is 2.45. The van der Waals surface area contributed by atoms with Gasteiger partial charge in [-0.3, -0.25) is 0 Å². The fraction of sp³-hybridized carbons (Fsp3) is 0.647. The van der Waals surface area contributed by atoms with E-state index in [4.69, 9.17) is 16.3 Å². The zero-order valence-electron chi connectivity index (χ0n) is 14.1. The average molecular weight is 334 g/mol. The Morgan fingerprint density at radius 3 is 1.90 bits per heavy atom. The van der Waals surface area contributed by atoms with Crippen LogP contribution in [0.15, 0.2) is 12.1 Å². The van der Waals surface area contributed by atoms with E-state index in [1.807, 2.05) is 12.1 Å². The number of hydrogen-bond donors (Lipinski definition) is 0. The summed E-state index contributed by atoms with van der Waals surface area (Å²) in [6, 6.07) is 4.08. The molecule has 0 bridgehead atoms. The van der Waals surface area contributed by atoms with E-state index in [2.05, 4.69) is 46.7 Å². The maximum Gasteiger partial charge on any atom is 0.126 e. The minimum Gasteiger partial charge on any atom is -0.493 e. The van der Waals surface area contributed by atoms with Crippen LogP contribution in [-0.4, -0.2) is 32.1 Å². The molecule has 0 aliphatic heterocycles. The van der Waals surface area contributed by atoms with E-state index < -0.39 is 0 Å². The highest BCUT2D eigenvalue weighted by molar-refractivity contribution is 6.30. The van der Waals surface area contributed by atoms with Gasteiger partial charge in [0.25, 0.3) is 0 Å². The number of ether oxygens (including phenoxy) is 1. The van der Waals surface area contributed by atoms with Crippen molar-refractivity contribution in [2.24, 2.45) is 0 Å². The molecule has 122 valence electrons. The predicted molar refractivity (Wildman–Crippen MR) is 95.5 cm³/mol. The Kier molecular flexibility index (Phi) is 9.35. The van der Waals surface area contributed by atoms with Crippen molar-refractivity contribution in [1.29, 1.82) is 0 Å². The molecule has 0 aliphatic rings. The second-order valence-electron chi connectivity index (χ2n) is 6.23. The van der Waals surface area contributed by atoms with Gasteiger partial charge in [-0.25, -0.2) is 0 Å². The first-order valence-electron chi connectivity index (χ1n) is 7.43. The van der Waals surface area contributed by atoms with Gasteiger partial charge in [0.1, 0.15) is 5.75 Å². The van der Waals surface area contributed by atoms with E-state index in [9.17, 15) is 0 Å². The summed E-state index contributed by atoms with van der Waals surface area (Å²) in [5.41, 5.74) is 2.43. The molecule has 0 radical (unpaired) electrons. The van der Waals surface area contributed by atoms with E-state index in [1.165, 1.54) is 11.1 Å². The number of halogens is 2. The summed E-state index contributed by atoms with van der Waals surface area (Å²) in [5.74, 6) is 1.86. The molecule has 0 aliphatic carbocycles. The normalized spacial score (nSPS) is 11.1. The van der Waals surface area contributed by atoms with Crippen LogP contribution in [0.4, 0.5) is 0 Å². The smallest absolute Gasteiger partial charge is 0.126 e. The summed E-state index contributed by atoms with van der Waals surface area (Å²) >= 11 is 6.25. The monoisotopic (exact) mass is 333 g/mol. The molecule has 0 atom stereocenters. The molecule has 2 nitrogen and oxygen atoms in total. The quantitative estimate of drug-likeness (QED) is 0.624. The van der Waals surface area contributed by atoms with Crippen LogP contribution in [0.25, 0.3) is 0 Å². The van der Waals surface area contributed by atoms with Gasteiger partial charge in [-0.15, -0.1) is 12.4 Å². The summed E-state index contributed by atoms with van der Waals surface area (Å²) in [7, 11) is 4.17. The second kappa shape index (κ2) is 9.55. The van der Waals surface area contributed by atoms with Gasteiger partial charge in [-0.05, 0) is 55.6 Å². The third kappa shape index (κ3) is 6.46. The van der Waals surface area contributed by atoms with Crippen LogP contribution < -0.4 is 4.74 Å². The maximum atomic E-state index is 6.25. The molecule has 0 unspecified atom stereocenters. The molecule has 0 fully saturated rings. The molecule has 1 aromatic rings. The van der Waals surface area contributed by atoms with Crippen LogP contribution in [-0.2, 0) is 0 Å². The van der Waals surface area contributed by atoms with Crippen molar-refractivity contribution in [3.05, 3.63) is 28.3 Å². The fourth-order valence-electron chi connectivity index (χ4n) is 2.22. The zero-order chi connectivity index (χ0) is 15.3. The molecule has 1 rings (SSSR count). The molecule has 0 saturated heterocycles. The molecule has 0 amide bonds. The Bertz CT molecular complexity index is 402. The van der Waals surface area contributed by atoms with Crippen LogP contribution in [0.5, 0.6) is 5.75 Å². The van der Waals surface area contributed by atoms with Gasteiger partial charge in [-0.2, -0.15) is 0 Å². The summed E-state index contributed by atoms with van der Waals surface area (Å²) in [6.45, 7) is 10.5. The lowest BCUT2D eigenvalue weighted by Crippen LogP contribution is -2.16. The molecule has 21 heavy (non-hydrogen) atoms. The van der Waals surface area contributed by atoms with E-state index in [-0.39, 0.29) is 12.4 Å². The van der Waals surface area contributed by atoms with Crippen molar-refractivity contribution in [2.75, 3.05) is 27.2 Å². The molecule has 4 heteroatoms. The Balaban J connectivity index is 0.00000400. The van der Waals surface area contributed by atoms with Gasteiger partial charge < -0.3 is 9.64 Å². The van der Waals surface area contributed by atoms with Crippen LogP contribution in [0, 0.1) is 0 Å². The number of rotatable bonds is 7. The standard InChI is InChI=1S/C17H28ClNO.ClH/c1-12(2)15-10-14(18)11-16(13(3)4)17(15)20-9-7-8-19(5)6;/h10-13H,7-9H2,1-6H3;1H. The first kappa shape index (κ1) is 20.6. The topological polar surface area (TPSA) is 12.5 Å². The van der Waals surface area contributed by atoms with E-state index in [0.29, 0.717) is 11.8 Å².